The molecule has 0 bridgehead atoms. The zero-order valence-corrected chi connectivity index (χ0v) is 82.0. The van der Waals surface area contributed by atoms with Gasteiger partial charge in [-0.15, -0.1) is 70.6 Å². The van der Waals surface area contributed by atoms with E-state index in [-0.39, 0.29) is 0 Å². The Morgan fingerprint density at radius 1 is 0.198 bits per heavy atom. The van der Waals surface area contributed by atoms with Crippen molar-refractivity contribution in [2.75, 3.05) is 45.2 Å². The number of hydrogen-bond donors (Lipinski definition) is 2. The Bertz CT molecular complexity index is 2500. The van der Waals surface area contributed by atoms with E-state index in [1.807, 2.05) is 0 Å². The molecule has 1 heterocycles. The minimum absolute atomic E-state index is 0.602. The maximum Gasteiger partial charge on any atom is 0.232 e. The molecule has 0 saturated heterocycles. The largest absolute Gasteiger partial charge is 0.324 e. The number of nitrogens with one attached hydrogen (secondary N) is 2. The van der Waals surface area contributed by atoms with Crippen LogP contribution >= 0.6 is 70.6 Å². The summed E-state index contributed by atoms with van der Waals surface area (Å²) in [7, 11) is 0. The second-order valence-electron chi connectivity index (χ2n) is 35.0. The Labute approximate surface area is 747 Å². The van der Waals surface area contributed by atoms with E-state index in [9.17, 15) is 0 Å². The van der Waals surface area contributed by atoms with E-state index < -0.39 is 0 Å². The molecule has 0 saturated carbocycles. The predicted molar refractivity (Wildman–Crippen MR) is 536 cm³/mol. The van der Waals surface area contributed by atoms with Crippen molar-refractivity contribution in [1.82, 2.24) is 15.0 Å². The van der Waals surface area contributed by atoms with Crippen LogP contribution in [0.3, 0.4) is 0 Å². The Hall–Kier alpha value is -1.63. The van der Waals surface area contributed by atoms with Gasteiger partial charge < -0.3 is 10.6 Å². The van der Waals surface area contributed by atoms with Crippen LogP contribution in [0.2, 0.25) is 0 Å². The summed E-state index contributed by atoms with van der Waals surface area (Å²) < 4.78 is 0. The van der Waals surface area contributed by atoms with Crippen LogP contribution in [0.5, 0.6) is 0 Å². The molecule has 5 nitrogen and oxygen atoms in total. The first-order valence-electron chi connectivity index (χ1n) is 51.0. The van der Waals surface area contributed by atoms with Crippen LogP contribution in [0, 0.1) is 0 Å². The Morgan fingerprint density at radius 2 is 0.371 bits per heavy atom. The highest BCUT2D eigenvalue weighted by Crippen LogP contribution is 2.45. The molecule has 0 aliphatic heterocycles. The van der Waals surface area contributed by atoms with Gasteiger partial charge >= 0.3 is 0 Å². The van der Waals surface area contributed by atoms with Gasteiger partial charge in [0.1, 0.15) is 0 Å². The van der Waals surface area contributed by atoms with Crippen molar-refractivity contribution in [1.29, 1.82) is 0 Å². The van der Waals surface area contributed by atoms with E-state index in [1.165, 1.54) is 503 Å². The SMILES string of the molecule is CCCCCCCCCCCCCCSc1cc(Nc2nc(Nc3cc(SCCCCCCCCCCCCCC)c(SCCCCCCCCCCCCCC)c(SCCCCCCCCCCCCCC)c3)nc(-c3ccccc3)n2)cc(SCCCCCCCCCCCCCC)c1SCCCCCCCCCCCCCC. The fourth-order valence-corrected chi connectivity index (χ4v) is 23.7. The summed E-state index contributed by atoms with van der Waals surface area (Å²) in [6, 6.07) is 20.6. The van der Waals surface area contributed by atoms with Crippen molar-refractivity contribution in [3.8, 4) is 11.4 Å². The maximum atomic E-state index is 5.42. The van der Waals surface area contributed by atoms with Gasteiger partial charge in [0.05, 0.1) is 0 Å². The van der Waals surface area contributed by atoms with Gasteiger partial charge in [0.15, 0.2) is 5.82 Å². The topological polar surface area (TPSA) is 62.7 Å². The van der Waals surface area contributed by atoms with Crippen LogP contribution in [0.15, 0.2) is 84.0 Å². The lowest BCUT2D eigenvalue weighted by molar-refractivity contribution is 0.548. The fourth-order valence-electron chi connectivity index (χ4n) is 16.2. The second kappa shape index (κ2) is 81.7. The van der Waals surface area contributed by atoms with E-state index in [0.29, 0.717) is 17.7 Å². The van der Waals surface area contributed by atoms with Crippen molar-refractivity contribution in [2.24, 2.45) is 0 Å². The number of rotatable bonds is 89. The van der Waals surface area contributed by atoms with Gasteiger partial charge in [0.25, 0.3) is 0 Å². The molecule has 4 rings (SSSR count). The molecule has 0 amide bonds. The minimum Gasteiger partial charge on any atom is -0.324 e. The standard InChI is InChI=1S/C105H185N5S6/c1-7-13-19-25-31-37-43-49-55-61-67-76-84-111-97-90-95(91-98(112-85-77-68-62-56-50-44-38-32-26-20-14-8-2)101(97)115-88-80-71-65-59-53-47-41-35-29-23-17-11-5)106-104-108-103(94-82-74-73-75-83-94)109-105(110-104)107-96-92-99(113-86-78-69-63-57-51-45-39-33-27-21-15-9-3)102(116-89-81-72-66-60-54-48-42-36-30-24-18-12-6)100(93-96)114-87-79-70-64-58-52-46-40-34-28-22-16-10-4/h73-75,82-83,90-93H,7-72,76-81,84-89H2,1-6H3,(H2,106,107,108,109,110). The van der Waals surface area contributed by atoms with E-state index in [2.05, 4.69) is 177 Å². The van der Waals surface area contributed by atoms with E-state index in [4.69, 9.17) is 15.0 Å². The predicted octanol–water partition coefficient (Wildman–Crippen LogP) is 39.8. The number of anilines is 4. The molecule has 2 N–H and O–H groups in total. The first kappa shape index (κ1) is 107. The normalized spacial score (nSPS) is 11.7. The highest BCUT2D eigenvalue weighted by Gasteiger charge is 2.20. The number of thioether (sulfide) groups is 6. The molecule has 0 aliphatic rings. The lowest BCUT2D eigenvalue weighted by atomic mass is 10.1. The zero-order valence-electron chi connectivity index (χ0n) is 77.1. The Morgan fingerprint density at radius 3 is 0.560 bits per heavy atom. The summed E-state index contributed by atoms with van der Waals surface area (Å²) in [5, 5.41) is 7.88. The van der Waals surface area contributed by atoms with E-state index >= 15 is 0 Å². The summed E-state index contributed by atoms with van der Waals surface area (Å²) in [6.45, 7) is 14.0. The van der Waals surface area contributed by atoms with Crippen LogP contribution in [-0.2, 0) is 0 Å². The van der Waals surface area contributed by atoms with Crippen LogP contribution in [0.1, 0.15) is 504 Å². The number of benzene rings is 3. The van der Waals surface area contributed by atoms with Gasteiger partial charge in [-0.1, -0.05) is 496 Å². The average Bonchev–Trinajstić information content (AvgIpc) is 0.824. The molecule has 4 aromatic rings. The lowest BCUT2D eigenvalue weighted by Crippen LogP contribution is -2.06. The number of nitrogens with zero attached hydrogens (tertiary/aromatic N) is 3. The van der Waals surface area contributed by atoms with Crippen LogP contribution in [0.4, 0.5) is 23.3 Å². The molecule has 0 fully saturated rings. The molecule has 0 spiro atoms. The highest BCUT2D eigenvalue weighted by molar-refractivity contribution is 8.04. The molecule has 1 aromatic heterocycles. The number of aromatic nitrogens is 3. The van der Waals surface area contributed by atoms with Gasteiger partial charge in [0.2, 0.25) is 11.9 Å². The molecule has 11 heteroatoms. The molecule has 0 atom stereocenters. The van der Waals surface area contributed by atoms with Crippen LogP contribution in [-0.4, -0.2) is 49.5 Å². The molecule has 0 unspecified atom stereocenters. The molecule has 3 aromatic carbocycles. The van der Waals surface area contributed by atoms with E-state index in [1.54, 1.807) is 0 Å². The van der Waals surface area contributed by atoms with Crippen molar-refractivity contribution >= 4 is 93.8 Å². The Balaban J connectivity index is 1.69. The van der Waals surface area contributed by atoms with Crippen molar-refractivity contribution in [2.45, 2.75) is 533 Å². The fraction of sp³-hybridized carbons (Fsp3) is 0.800. The van der Waals surface area contributed by atoms with Gasteiger partial charge in [0, 0.05) is 46.3 Å². The van der Waals surface area contributed by atoms with Gasteiger partial charge in [-0.05, 0) is 97.3 Å². The van der Waals surface area contributed by atoms with Gasteiger partial charge in [-0.3, -0.25) is 0 Å². The number of unbranched alkanes of at least 4 members (excludes halogenated alkanes) is 66. The maximum absolute atomic E-state index is 5.42. The monoisotopic (exact) mass is 1710 g/mol. The summed E-state index contributed by atoms with van der Waals surface area (Å²) in [5.41, 5.74) is 3.19. The summed E-state index contributed by atoms with van der Waals surface area (Å²) >= 11 is 12.8. The third-order valence-electron chi connectivity index (χ3n) is 23.7. The third kappa shape index (κ3) is 60.0. The summed E-state index contributed by atoms with van der Waals surface area (Å²) in [5.74, 6) is 8.89. The molecule has 666 valence electrons. The molecule has 0 aliphatic carbocycles. The number of hydrogen-bond acceptors (Lipinski definition) is 11. The van der Waals surface area contributed by atoms with Gasteiger partial charge in [-0.2, -0.15) is 15.0 Å². The first-order valence-corrected chi connectivity index (χ1v) is 56.9. The Kier molecular flexibility index (Phi) is 75.2. The van der Waals surface area contributed by atoms with Crippen molar-refractivity contribution in [3.05, 3.63) is 54.6 Å². The van der Waals surface area contributed by atoms with Crippen LogP contribution < -0.4 is 10.6 Å². The third-order valence-corrected chi connectivity index (χ3v) is 31.2. The second-order valence-corrected chi connectivity index (χ2v) is 41.7. The lowest BCUT2D eigenvalue weighted by Gasteiger charge is -2.19. The van der Waals surface area contributed by atoms with Crippen LogP contribution in [0.25, 0.3) is 11.4 Å². The summed E-state index contributed by atoms with van der Waals surface area (Å²) in [6.07, 6.45) is 99.7. The smallest absolute Gasteiger partial charge is 0.232 e. The van der Waals surface area contributed by atoms with Crippen molar-refractivity contribution < 1.29 is 0 Å². The quantitative estimate of drug-likeness (QED) is 0.0328. The molecule has 116 heavy (non-hydrogen) atoms. The molecular weight excluding hydrogens is 1520 g/mol. The zero-order chi connectivity index (χ0) is 82.2. The molecule has 0 radical (unpaired) electrons. The minimum atomic E-state index is 0.602. The van der Waals surface area contributed by atoms with Gasteiger partial charge in [-0.25, -0.2) is 0 Å². The van der Waals surface area contributed by atoms with E-state index in [0.717, 1.165) is 39.9 Å². The average molecular weight is 1710 g/mol. The highest BCUT2D eigenvalue weighted by atomic mass is 32.2. The van der Waals surface area contributed by atoms with Crippen molar-refractivity contribution in [3.63, 3.8) is 0 Å². The molecular formula is C105H185N5S6. The first-order chi connectivity index (χ1) is 57.5. The summed E-state index contributed by atoms with van der Waals surface area (Å²) in [4.78, 5) is 24.9.